The van der Waals surface area contributed by atoms with Gasteiger partial charge in [-0.3, -0.25) is 9.59 Å². The minimum absolute atomic E-state index is 0.00876. The van der Waals surface area contributed by atoms with Gasteiger partial charge in [-0.25, -0.2) is 14.9 Å². The van der Waals surface area contributed by atoms with Crippen molar-refractivity contribution in [2.45, 2.75) is 13.8 Å². The van der Waals surface area contributed by atoms with E-state index in [1.807, 2.05) is 0 Å². The molecule has 2 aromatic rings. The summed E-state index contributed by atoms with van der Waals surface area (Å²) >= 11 is 0. The SMILES string of the molecule is Cc1cc(C)nc(N2C(=O)c3ccc(C(=O)[O-])cc3C2=O)n1. The van der Waals surface area contributed by atoms with E-state index < -0.39 is 17.8 Å². The Bertz CT molecular complexity index is 824. The van der Waals surface area contributed by atoms with E-state index in [4.69, 9.17) is 0 Å². The standard InChI is InChI=1S/C15H11N3O4/c1-7-5-8(2)17-15(16-7)18-12(19)10-4-3-9(14(21)22)6-11(10)13(18)20/h3-6H,1-2H3,(H,21,22)/p-1. The predicted molar refractivity (Wildman–Crippen MR) is 73.4 cm³/mol. The minimum atomic E-state index is -1.41. The average molecular weight is 296 g/mol. The van der Waals surface area contributed by atoms with Crippen molar-refractivity contribution in [3.8, 4) is 0 Å². The molecule has 0 atom stereocenters. The number of hydrogen-bond donors (Lipinski definition) is 0. The highest BCUT2D eigenvalue weighted by Crippen LogP contribution is 2.27. The number of anilines is 1. The Hall–Kier alpha value is -3.09. The van der Waals surface area contributed by atoms with Crippen LogP contribution in [0.3, 0.4) is 0 Å². The number of carbonyl (C=O) groups is 3. The van der Waals surface area contributed by atoms with Crippen molar-refractivity contribution in [2.24, 2.45) is 0 Å². The smallest absolute Gasteiger partial charge is 0.268 e. The molecule has 3 rings (SSSR count). The summed E-state index contributed by atoms with van der Waals surface area (Å²) in [4.78, 5) is 44.7. The van der Waals surface area contributed by atoms with Gasteiger partial charge < -0.3 is 9.90 Å². The molecular weight excluding hydrogens is 286 g/mol. The highest BCUT2D eigenvalue weighted by Gasteiger charge is 2.38. The van der Waals surface area contributed by atoms with Gasteiger partial charge in [-0.2, -0.15) is 0 Å². The molecule has 1 aromatic heterocycles. The summed E-state index contributed by atoms with van der Waals surface area (Å²) in [5, 5.41) is 10.9. The number of imide groups is 1. The summed E-state index contributed by atoms with van der Waals surface area (Å²) < 4.78 is 0. The van der Waals surface area contributed by atoms with Crippen LogP contribution in [0.2, 0.25) is 0 Å². The molecule has 0 unspecified atom stereocenters. The number of aryl methyl sites for hydroxylation is 2. The lowest BCUT2D eigenvalue weighted by Gasteiger charge is -2.12. The second-order valence-electron chi connectivity index (χ2n) is 4.94. The molecule has 0 N–H and O–H groups in total. The lowest BCUT2D eigenvalue weighted by molar-refractivity contribution is -0.255. The second kappa shape index (κ2) is 4.73. The van der Waals surface area contributed by atoms with E-state index in [2.05, 4.69) is 9.97 Å². The number of rotatable bonds is 2. The molecule has 7 nitrogen and oxygen atoms in total. The maximum absolute atomic E-state index is 12.4. The number of carboxylic acid groups (broad SMARTS) is 1. The summed E-state index contributed by atoms with van der Waals surface area (Å²) in [5.74, 6) is -2.65. The molecule has 7 heteroatoms. The maximum atomic E-state index is 12.4. The summed E-state index contributed by atoms with van der Waals surface area (Å²) in [7, 11) is 0. The van der Waals surface area contributed by atoms with Crippen molar-refractivity contribution in [3.63, 3.8) is 0 Å². The van der Waals surface area contributed by atoms with Crippen molar-refractivity contribution >= 4 is 23.7 Å². The first-order valence-electron chi connectivity index (χ1n) is 6.45. The van der Waals surface area contributed by atoms with Crippen LogP contribution < -0.4 is 10.0 Å². The van der Waals surface area contributed by atoms with Gasteiger partial charge in [0.2, 0.25) is 5.95 Å². The van der Waals surface area contributed by atoms with E-state index in [-0.39, 0.29) is 22.6 Å². The summed E-state index contributed by atoms with van der Waals surface area (Å²) in [6, 6.07) is 5.37. The van der Waals surface area contributed by atoms with Gasteiger partial charge in [-0.15, -0.1) is 0 Å². The van der Waals surface area contributed by atoms with E-state index in [9.17, 15) is 19.5 Å². The van der Waals surface area contributed by atoms with Crippen molar-refractivity contribution in [1.82, 2.24) is 9.97 Å². The molecule has 0 saturated heterocycles. The van der Waals surface area contributed by atoms with Gasteiger partial charge in [0.15, 0.2) is 0 Å². The van der Waals surface area contributed by atoms with Crippen LogP contribution in [0.25, 0.3) is 0 Å². The quantitative estimate of drug-likeness (QED) is 0.736. The maximum Gasteiger partial charge on any atom is 0.268 e. The van der Waals surface area contributed by atoms with Crippen LogP contribution in [0.15, 0.2) is 24.3 Å². The van der Waals surface area contributed by atoms with Crippen LogP contribution in [-0.4, -0.2) is 27.8 Å². The molecule has 0 fully saturated rings. The van der Waals surface area contributed by atoms with Crippen molar-refractivity contribution in [3.05, 3.63) is 52.3 Å². The van der Waals surface area contributed by atoms with Gasteiger partial charge in [0, 0.05) is 11.4 Å². The molecule has 2 heterocycles. The molecule has 0 spiro atoms. The van der Waals surface area contributed by atoms with E-state index >= 15 is 0 Å². The highest BCUT2D eigenvalue weighted by atomic mass is 16.4. The Kier molecular flexibility index (Phi) is 2.98. The zero-order valence-electron chi connectivity index (χ0n) is 11.8. The number of hydrogen-bond acceptors (Lipinski definition) is 6. The van der Waals surface area contributed by atoms with Crippen LogP contribution in [0.1, 0.15) is 42.5 Å². The van der Waals surface area contributed by atoms with Gasteiger partial charge in [0.05, 0.1) is 17.1 Å². The molecular formula is C15H10N3O4-. The number of amides is 2. The fourth-order valence-electron chi connectivity index (χ4n) is 2.36. The third kappa shape index (κ3) is 2.03. The molecule has 2 amide bonds. The normalized spacial score (nSPS) is 13.5. The van der Waals surface area contributed by atoms with Crippen molar-refractivity contribution in [2.75, 3.05) is 4.90 Å². The van der Waals surface area contributed by atoms with E-state index in [1.54, 1.807) is 19.9 Å². The Labute approximate surface area is 125 Å². The average Bonchev–Trinajstić information content (AvgIpc) is 2.69. The Morgan fingerprint density at radius 3 is 2.18 bits per heavy atom. The molecule has 0 radical (unpaired) electrons. The van der Waals surface area contributed by atoms with Crippen molar-refractivity contribution < 1.29 is 19.5 Å². The first-order chi connectivity index (χ1) is 10.4. The minimum Gasteiger partial charge on any atom is -0.545 e. The van der Waals surface area contributed by atoms with E-state index in [0.717, 1.165) is 11.0 Å². The van der Waals surface area contributed by atoms with Gasteiger partial charge in [-0.1, -0.05) is 6.07 Å². The molecule has 0 bridgehead atoms. The summed E-state index contributed by atoms with van der Waals surface area (Å²) in [5.41, 5.74) is 1.21. The zero-order valence-corrected chi connectivity index (χ0v) is 11.8. The van der Waals surface area contributed by atoms with Crippen LogP contribution >= 0.6 is 0 Å². The fourth-order valence-corrected chi connectivity index (χ4v) is 2.36. The van der Waals surface area contributed by atoms with Gasteiger partial charge in [-0.05, 0) is 37.6 Å². The highest BCUT2D eigenvalue weighted by molar-refractivity contribution is 6.34. The molecule has 110 valence electrons. The predicted octanol–water partition coefficient (Wildman–Crippen LogP) is 0.258. The van der Waals surface area contributed by atoms with Crippen LogP contribution in [0, 0.1) is 13.8 Å². The van der Waals surface area contributed by atoms with Gasteiger partial charge in [0.25, 0.3) is 11.8 Å². The Morgan fingerprint density at radius 2 is 1.59 bits per heavy atom. The number of nitrogens with zero attached hydrogens (tertiary/aromatic N) is 3. The number of benzene rings is 1. The number of fused-ring (bicyclic) bond motifs is 1. The second-order valence-corrected chi connectivity index (χ2v) is 4.94. The Balaban J connectivity index is 2.12. The summed E-state index contributed by atoms with van der Waals surface area (Å²) in [6.07, 6.45) is 0. The van der Waals surface area contributed by atoms with Crippen molar-refractivity contribution in [1.29, 1.82) is 0 Å². The third-order valence-electron chi connectivity index (χ3n) is 3.29. The molecule has 0 aliphatic carbocycles. The monoisotopic (exact) mass is 296 g/mol. The van der Waals surface area contributed by atoms with Crippen LogP contribution in [0.5, 0.6) is 0 Å². The fraction of sp³-hybridized carbons (Fsp3) is 0.133. The Morgan fingerprint density at radius 1 is 1.00 bits per heavy atom. The first-order valence-corrected chi connectivity index (χ1v) is 6.45. The number of aromatic nitrogens is 2. The summed E-state index contributed by atoms with van der Waals surface area (Å²) in [6.45, 7) is 3.45. The van der Waals surface area contributed by atoms with E-state index in [1.165, 1.54) is 12.1 Å². The number of carboxylic acids is 1. The van der Waals surface area contributed by atoms with Gasteiger partial charge in [0.1, 0.15) is 0 Å². The zero-order chi connectivity index (χ0) is 16.0. The van der Waals surface area contributed by atoms with E-state index in [0.29, 0.717) is 11.4 Å². The molecule has 0 saturated carbocycles. The van der Waals surface area contributed by atoms with Crippen LogP contribution in [0.4, 0.5) is 5.95 Å². The lowest BCUT2D eigenvalue weighted by Crippen LogP contribution is -2.31. The molecule has 1 aromatic carbocycles. The lowest BCUT2D eigenvalue weighted by atomic mass is 10.1. The largest absolute Gasteiger partial charge is 0.545 e. The molecule has 22 heavy (non-hydrogen) atoms. The third-order valence-corrected chi connectivity index (χ3v) is 3.29. The molecule has 1 aliphatic rings. The molecule has 1 aliphatic heterocycles. The topological polar surface area (TPSA) is 103 Å². The number of aromatic carboxylic acids is 1. The number of carbonyl (C=O) groups excluding carboxylic acids is 3. The van der Waals surface area contributed by atoms with Gasteiger partial charge >= 0.3 is 0 Å². The first kappa shape index (κ1) is 13.9. The van der Waals surface area contributed by atoms with Crippen LogP contribution in [-0.2, 0) is 0 Å².